The number of aliphatic imine (C=N–C) groups is 1. The Kier molecular flexibility index (Phi) is 7.17. The molecule has 0 aliphatic carbocycles. The van der Waals surface area contributed by atoms with Crippen molar-refractivity contribution >= 4 is 17.2 Å². The van der Waals surface area contributed by atoms with Crippen molar-refractivity contribution in [1.29, 1.82) is 5.26 Å². The summed E-state index contributed by atoms with van der Waals surface area (Å²) in [6, 6.07) is 8.40. The van der Waals surface area contributed by atoms with Gasteiger partial charge < -0.3 is 21.3 Å². The van der Waals surface area contributed by atoms with E-state index in [-0.39, 0.29) is 6.04 Å². The third-order valence-corrected chi connectivity index (χ3v) is 6.13. The van der Waals surface area contributed by atoms with Crippen LogP contribution in [-0.4, -0.2) is 42.5 Å². The van der Waals surface area contributed by atoms with Crippen LogP contribution in [0.2, 0.25) is 0 Å². The molecule has 6 heteroatoms. The van der Waals surface area contributed by atoms with E-state index < -0.39 is 0 Å². The van der Waals surface area contributed by atoms with Gasteiger partial charge in [0.25, 0.3) is 0 Å². The van der Waals surface area contributed by atoms with Gasteiger partial charge in [0.2, 0.25) is 0 Å². The fourth-order valence-corrected chi connectivity index (χ4v) is 4.29. The maximum atomic E-state index is 9.07. The third-order valence-electron chi connectivity index (χ3n) is 6.13. The van der Waals surface area contributed by atoms with E-state index in [1.54, 1.807) is 12.1 Å². The molecule has 1 aromatic rings. The molecule has 3 rings (SSSR count). The first-order chi connectivity index (χ1) is 14.4. The molecule has 2 aliphatic rings. The van der Waals surface area contributed by atoms with E-state index in [1.807, 2.05) is 13.0 Å². The summed E-state index contributed by atoms with van der Waals surface area (Å²) in [7, 11) is 0. The van der Waals surface area contributed by atoms with E-state index >= 15 is 0 Å². The zero-order chi connectivity index (χ0) is 21.7. The van der Waals surface area contributed by atoms with Crippen LogP contribution in [0.15, 0.2) is 41.5 Å². The van der Waals surface area contributed by atoms with Crippen LogP contribution in [0, 0.1) is 17.2 Å². The average Bonchev–Trinajstić information content (AvgIpc) is 3.21. The van der Waals surface area contributed by atoms with Crippen molar-refractivity contribution in [2.75, 3.05) is 25.4 Å². The second-order valence-electron chi connectivity index (χ2n) is 8.33. The second-order valence-corrected chi connectivity index (χ2v) is 8.33. The summed E-state index contributed by atoms with van der Waals surface area (Å²) in [5.74, 6) is 1.62. The van der Waals surface area contributed by atoms with Crippen LogP contribution < -0.4 is 16.4 Å². The molecule has 2 aliphatic heterocycles. The minimum Gasteiger partial charge on any atom is -0.398 e. The van der Waals surface area contributed by atoms with Crippen molar-refractivity contribution in [2.24, 2.45) is 10.9 Å². The predicted octanol–water partition coefficient (Wildman–Crippen LogP) is 3.49. The molecule has 1 fully saturated rings. The molecule has 4 N–H and O–H groups in total. The van der Waals surface area contributed by atoms with E-state index in [0.29, 0.717) is 23.2 Å². The third kappa shape index (κ3) is 5.03. The molecule has 3 unspecified atom stereocenters. The molecule has 1 saturated heterocycles. The Morgan fingerprint density at radius 1 is 1.40 bits per heavy atom. The zero-order valence-electron chi connectivity index (χ0n) is 18.4. The van der Waals surface area contributed by atoms with E-state index in [4.69, 9.17) is 16.0 Å². The number of nitrogens with zero attached hydrogens (tertiary/aromatic N) is 3. The Morgan fingerprint density at radius 3 is 2.83 bits per heavy atom. The molecule has 2 heterocycles. The summed E-state index contributed by atoms with van der Waals surface area (Å²) in [5.41, 5.74) is 10.1. The van der Waals surface area contributed by atoms with Crippen LogP contribution in [0.3, 0.4) is 0 Å². The molecule has 0 saturated carbocycles. The first-order valence-electron chi connectivity index (χ1n) is 10.9. The van der Waals surface area contributed by atoms with Gasteiger partial charge in [-0.05, 0) is 62.9 Å². The summed E-state index contributed by atoms with van der Waals surface area (Å²) in [5, 5.41) is 16.2. The molecule has 6 nitrogen and oxygen atoms in total. The molecular weight excluding hydrogens is 372 g/mol. The van der Waals surface area contributed by atoms with Crippen molar-refractivity contribution in [1.82, 2.24) is 15.5 Å². The minimum atomic E-state index is 0.226. The number of hydrogen-bond acceptors (Lipinski definition) is 6. The summed E-state index contributed by atoms with van der Waals surface area (Å²) in [4.78, 5) is 7.11. The molecule has 0 spiro atoms. The van der Waals surface area contributed by atoms with Gasteiger partial charge >= 0.3 is 0 Å². The largest absolute Gasteiger partial charge is 0.398 e. The maximum Gasteiger partial charge on any atom is 0.102 e. The summed E-state index contributed by atoms with van der Waals surface area (Å²) >= 11 is 0. The first-order valence-corrected chi connectivity index (χ1v) is 10.9. The summed E-state index contributed by atoms with van der Waals surface area (Å²) < 4.78 is 0. The van der Waals surface area contributed by atoms with Gasteiger partial charge in [0.1, 0.15) is 5.84 Å². The van der Waals surface area contributed by atoms with Crippen molar-refractivity contribution in [2.45, 2.75) is 52.1 Å². The highest BCUT2D eigenvalue weighted by molar-refractivity contribution is 5.91. The van der Waals surface area contributed by atoms with E-state index in [0.717, 1.165) is 48.8 Å². The number of nitrogens with two attached hydrogens (primary N) is 1. The number of anilines is 1. The molecule has 160 valence electrons. The highest BCUT2D eigenvalue weighted by Crippen LogP contribution is 2.29. The summed E-state index contributed by atoms with van der Waals surface area (Å²) in [6.45, 7) is 13.5. The van der Waals surface area contributed by atoms with Crippen molar-refractivity contribution in [3.05, 3.63) is 47.7 Å². The number of rotatable bonds is 8. The molecule has 1 aromatic carbocycles. The lowest BCUT2D eigenvalue weighted by molar-refractivity contribution is 0.359. The molecule has 0 amide bonds. The summed E-state index contributed by atoms with van der Waals surface area (Å²) in [6.07, 6.45) is 5.56. The van der Waals surface area contributed by atoms with Crippen LogP contribution in [-0.2, 0) is 0 Å². The number of nitriles is 1. The standard InChI is InChI=1S/C24H34N6/c1-5-20-9-19(14-28-20)13-27-16(3)15-30-17(4)29-24(11-21(30)6-2)22-8-7-18(12-25)10-23(22)26/h7-8,10-11,19-21,27-28H,3,5-6,9,13-15,26H2,1-2,4H3. The van der Waals surface area contributed by atoms with Gasteiger partial charge in [-0.3, -0.25) is 0 Å². The number of benzene rings is 1. The van der Waals surface area contributed by atoms with Crippen LogP contribution in [0.4, 0.5) is 5.69 Å². The smallest absolute Gasteiger partial charge is 0.102 e. The number of nitrogens with one attached hydrogen (secondary N) is 2. The van der Waals surface area contributed by atoms with E-state index in [2.05, 4.69) is 48.1 Å². The van der Waals surface area contributed by atoms with Gasteiger partial charge in [0, 0.05) is 29.5 Å². The Morgan fingerprint density at radius 2 is 2.20 bits per heavy atom. The zero-order valence-corrected chi connectivity index (χ0v) is 18.4. The van der Waals surface area contributed by atoms with Crippen molar-refractivity contribution in [3.8, 4) is 6.07 Å². The lowest BCUT2D eigenvalue weighted by Gasteiger charge is -2.35. The highest BCUT2D eigenvalue weighted by atomic mass is 15.2. The minimum absolute atomic E-state index is 0.226. The fraction of sp³-hybridized carbons (Fsp3) is 0.500. The van der Waals surface area contributed by atoms with Gasteiger partial charge in [-0.1, -0.05) is 20.4 Å². The predicted molar refractivity (Wildman–Crippen MR) is 125 cm³/mol. The van der Waals surface area contributed by atoms with E-state index in [9.17, 15) is 0 Å². The maximum absolute atomic E-state index is 9.07. The number of nitrogen functional groups attached to an aromatic ring is 1. The topological polar surface area (TPSA) is 89.5 Å². The van der Waals surface area contributed by atoms with Crippen LogP contribution in [0.1, 0.15) is 51.2 Å². The lowest BCUT2D eigenvalue weighted by Crippen LogP contribution is -2.43. The van der Waals surface area contributed by atoms with Gasteiger partial charge in [0.05, 0.1) is 29.9 Å². The highest BCUT2D eigenvalue weighted by Gasteiger charge is 2.25. The Bertz CT molecular complexity index is 878. The van der Waals surface area contributed by atoms with Crippen molar-refractivity contribution < 1.29 is 0 Å². The molecule has 0 aromatic heterocycles. The van der Waals surface area contributed by atoms with Crippen molar-refractivity contribution in [3.63, 3.8) is 0 Å². The Labute approximate surface area is 180 Å². The fourth-order valence-electron chi connectivity index (χ4n) is 4.29. The normalized spacial score (nSPS) is 23.5. The molecule has 0 bridgehead atoms. The van der Waals surface area contributed by atoms with Crippen LogP contribution >= 0.6 is 0 Å². The van der Waals surface area contributed by atoms with Gasteiger partial charge in [-0.2, -0.15) is 5.26 Å². The van der Waals surface area contributed by atoms with Crippen LogP contribution in [0.25, 0.3) is 5.70 Å². The van der Waals surface area contributed by atoms with Crippen LogP contribution in [0.5, 0.6) is 0 Å². The Balaban J connectivity index is 1.64. The first kappa shape index (κ1) is 21.9. The van der Waals surface area contributed by atoms with Gasteiger partial charge in [-0.15, -0.1) is 0 Å². The molecular formula is C24H34N6. The second kappa shape index (κ2) is 9.82. The average molecular weight is 407 g/mol. The molecule has 30 heavy (non-hydrogen) atoms. The number of amidine groups is 1. The van der Waals surface area contributed by atoms with Gasteiger partial charge in [-0.25, -0.2) is 4.99 Å². The molecule has 0 radical (unpaired) electrons. The van der Waals surface area contributed by atoms with Gasteiger partial charge in [0.15, 0.2) is 0 Å². The molecule has 3 atom stereocenters. The van der Waals surface area contributed by atoms with E-state index in [1.165, 1.54) is 12.8 Å². The Hall–Kier alpha value is -2.78. The quantitative estimate of drug-likeness (QED) is 0.575. The SMILES string of the molecule is C=C(CN1C(C)=NC(c2ccc(C#N)cc2N)=CC1CC)NCC1CNC(CC)C1. The monoisotopic (exact) mass is 406 g/mol. The number of hydrogen-bond donors (Lipinski definition) is 3. The lowest BCUT2D eigenvalue weighted by atomic mass is 10.0.